The molecule has 3 atom stereocenters. The lowest BCUT2D eigenvalue weighted by Crippen LogP contribution is -2.42. The number of likely N-dealkylation sites (tertiary alicyclic amines) is 1. The van der Waals surface area contributed by atoms with E-state index in [0.717, 1.165) is 66.9 Å². The predicted molar refractivity (Wildman–Crippen MR) is 144 cm³/mol. The summed E-state index contributed by atoms with van der Waals surface area (Å²) in [6, 6.07) is 16.3. The molecule has 2 aromatic carbocycles. The molecular weight excluding hydrogens is 456 g/mol. The quantitative estimate of drug-likeness (QED) is 0.272. The standard InChI is InChI=1S/C29H38N2O3S/c1-21-6-3-4-7-29(21)35-17-5-15-31-16-13-22(23(19-31)20-32)8-11-28(33)25-12-14-30-27-10-9-24(34-2)18-26(25)27/h3-4,6-7,9-10,12,14,18,22-23,28,32-33H,5,8,11,13,15-17,19-20H2,1-2H3/t22-,23-,28+/m1/s1. The summed E-state index contributed by atoms with van der Waals surface area (Å²) in [6.45, 7) is 5.48. The third kappa shape index (κ3) is 6.76. The highest BCUT2D eigenvalue weighted by Crippen LogP contribution is 2.33. The lowest BCUT2D eigenvalue weighted by atomic mass is 9.81. The van der Waals surface area contributed by atoms with E-state index in [4.69, 9.17) is 4.74 Å². The van der Waals surface area contributed by atoms with Crippen molar-refractivity contribution in [2.45, 2.75) is 43.6 Å². The minimum atomic E-state index is -0.552. The summed E-state index contributed by atoms with van der Waals surface area (Å²) in [6.07, 6.45) is 5.04. The van der Waals surface area contributed by atoms with Crippen molar-refractivity contribution in [1.82, 2.24) is 9.88 Å². The van der Waals surface area contributed by atoms with E-state index in [1.165, 1.54) is 10.5 Å². The molecule has 0 radical (unpaired) electrons. The van der Waals surface area contributed by atoms with Gasteiger partial charge >= 0.3 is 0 Å². The number of pyridine rings is 1. The van der Waals surface area contributed by atoms with Crippen LogP contribution in [0.1, 0.15) is 42.9 Å². The minimum absolute atomic E-state index is 0.213. The molecule has 3 aromatic rings. The normalized spacial score (nSPS) is 19.7. The Morgan fingerprint density at radius 3 is 2.83 bits per heavy atom. The average Bonchev–Trinajstić information content (AvgIpc) is 2.90. The zero-order valence-electron chi connectivity index (χ0n) is 20.9. The number of ether oxygens (including phenoxy) is 1. The molecule has 0 saturated carbocycles. The Kier molecular flexibility index (Phi) is 9.44. The van der Waals surface area contributed by atoms with Gasteiger partial charge in [0, 0.05) is 29.6 Å². The smallest absolute Gasteiger partial charge is 0.119 e. The van der Waals surface area contributed by atoms with Gasteiger partial charge in [0.25, 0.3) is 0 Å². The molecule has 1 aromatic heterocycles. The van der Waals surface area contributed by atoms with E-state index in [0.29, 0.717) is 12.3 Å². The number of aliphatic hydroxyl groups excluding tert-OH is 2. The topological polar surface area (TPSA) is 65.8 Å². The Bertz CT molecular complexity index is 1090. The molecular formula is C29H38N2O3S. The van der Waals surface area contributed by atoms with E-state index in [1.54, 1.807) is 13.3 Å². The third-order valence-corrected chi connectivity index (χ3v) is 8.59. The highest BCUT2D eigenvalue weighted by atomic mass is 32.2. The second-order valence-corrected chi connectivity index (χ2v) is 10.8. The maximum atomic E-state index is 11.0. The number of hydrogen-bond acceptors (Lipinski definition) is 6. The molecule has 0 unspecified atom stereocenters. The maximum Gasteiger partial charge on any atom is 0.119 e. The van der Waals surface area contributed by atoms with Crippen LogP contribution in [0.3, 0.4) is 0 Å². The first kappa shape index (κ1) is 26.0. The molecule has 1 fully saturated rings. The number of hydrogen-bond donors (Lipinski definition) is 2. The van der Waals surface area contributed by atoms with Crippen LogP contribution >= 0.6 is 11.8 Å². The summed E-state index contributed by atoms with van der Waals surface area (Å²) < 4.78 is 5.37. The first-order valence-electron chi connectivity index (χ1n) is 12.7. The van der Waals surface area contributed by atoms with E-state index >= 15 is 0 Å². The van der Waals surface area contributed by atoms with Gasteiger partial charge in [0.1, 0.15) is 5.75 Å². The lowest BCUT2D eigenvalue weighted by Gasteiger charge is -2.38. The first-order valence-corrected chi connectivity index (χ1v) is 13.7. The Hall–Kier alpha value is -2.12. The molecule has 2 heterocycles. The summed E-state index contributed by atoms with van der Waals surface area (Å²) in [5.41, 5.74) is 3.11. The van der Waals surface area contributed by atoms with Gasteiger partial charge in [-0.05, 0) is 105 Å². The van der Waals surface area contributed by atoms with Crippen LogP contribution in [0.4, 0.5) is 0 Å². The average molecular weight is 495 g/mol. The molecule has 2 N–H and O–H groups in total. The number of nitrogens with zero attached hydrogens (tertiary/aromatic N) is 2. The van der Waals surface area contributed by atoms with Crippen LogP contribution in [0, 0.1) is 18.8 Å². The van der Waals surface area contributed by atoms with Gasteiger partial charge in [-0.1, -0.05) is 18.2 Å². The van der Waals surface area contributed by atoms with Gasteiger partial charge in [-0.15, -0.1) is 11.8 Å². The van der Waals surface area contributed by atoms with Gasteiger partial charge in [-0.25, -0.2) is 0 Å². The fraction of sp³-hybridized carbons (Fsp3) is 0.483. The van der Waals surface area contributed by atoms with Crippen LogP contribution in [0.5, 0.6) is 5.75 Å². The number of piperidine rings is 1. The van der Waals surface area contributed by atoms with Gasteiger partial charge in [0.15, 0.2) is 0 Å². The van der Waals surface area contributed by atoms with Crippen molar-refractivity contribution in [3.63, 3.8) is 0 Å². The van der Waals surface area contributed by atoms with Gasteiger partial charge < -0.3 is 19.8 Å². The number of methoxy groups -OCH3 is 1. The first-order chi connectivity index (χ1) is 17.1. The van der Waals surface area contributed by atoms with Gasteiger partial charge in [0.2, 0.25) is 0 Å². The molecule has 0 bridgehead atoms. The van der Waals surface area contributed by atoms with Crippen molar-refractivity contribution in [2.24, 2.45) is 11.8 Å². The fourth-order valence-corrected chi connectivity index (χ4v) is 6.19. The fourth-order valence-electron chi connectivity index (χ4n) is 5.23. The molecule has 6 heteroatoms. The van der Waals surface area contributed by atoms with E-state index in [1.807, 2.05) is 36.0 Å². The Morgan fingerprint density at radius 2 is 2.03 bits per heavy atom. The Morgan fingerprint density at radius 1 is 1.17 bits per heavy atom. The highest BCUT2D eigenvalue weighted by molar-refractivity contribution is 7.99. The Balaban J connectivity index is 1.26. The van der Waals surface area contributed by atoms with E-state index in [2.05, 4.69) is 41.1 Å². The van der Waals surface area contributed by atoms with Crippen LogP contribution in [0.15, 0.2) is 59.6 Å². The zero-order chi connectivity index (χ0) is 24.6. The zero-order valence-corrected chi connectivity index (χ0v) is 21.7. The van der Waals surface area contributed by atoms with Gasteiger partial charge in [-0.2, -0.15) is 0 Å². The number of benzene rings is 2. The van der Waals surface area contributed by atoms with E-state index < -0.39 is 6.10 Å². The van der Waals surface area contributed by atoms with Crippen molar-refractivity contribution >= 4 is 22.7 Å². The van der Waals surface area contributed by atoms with E-state index in [9.17, 15) is 10.2 Å². The van der Waals surface area contributed by atoms with Crippen LogP contribution < -0.4 is 4.74 Å². The molecule has 35 heavy (non-hydrogen) atoms. The number of aryl methyl sites for hydroxylation is 1. The van der Waals surface area contributed by atoms with Crippen molar-refractivity contribution < 1.29 is 14.9 Å². The number of rotatable bonds is 11. The van der Waals surface area contributed by atoms with Crippen LogP contribution in [-0.2, 0) is 0 Å². The summed E-state index contributed by atoms with van der Waals surface area (Å²) in [4.78, 5) is 8.31. The van der Waals surface area contributed by atoms with Crippen molar-refractivity contribution in [3.05, 3.63) is 65.9 Å². The van der Waals surface area contributed by atoms with Crippen molar-refractivity contribution in [1.29, 1.82) is 0 Å². The molecule has 0 aliphatic carbocycles. The second kappa shape index (κ2) is 12.7. The molecule has 5 nitrogen and oxygen atoms in total. The molecule has 0 amide bonds. The van der Waals surface area contributed by atoms with Crippen LogP contribution in [0.2, 0.25) is 0 Å². The summed E-state index contributed by atoms with van der Waals surface area (Å²) >= 11 is 1.94. The summed E-state index contributed by atoms with van der Waals surface area (Å²) in [5.74, 6) is 2.60. The van der Waals surface area contributed by atoms with Crippen molar-refractivity contribution in [3.8, 4) is 5.75 Å². The second-order valence-electron chi connectivity index (χ2n) is 9.64. The predicted octanol–water partition coefficient (Wildman–Crippen LogP) is 5.48. The largest absolute Gasteiger partial charge is 0.497 e. The summed E-state index contributed by atoms with van der Waals surface area (Å²) in [5, 5.41) is 22.1. The number of aromatic nitrogens is 1. The number of thioether (sulfide) groups is 1. The molecule has 1 aliphatic rings. The molecule has 188 valence electrons. The minimum Gasteiger partial charge on any atom is -0.497 e. The lowest BCUT2D eigenvalue weighted by molar-refractivity contribution is 0.0581. The molecule has 1 aliphatic heterocycles. The molecule has 4 rings (SSSR count). The highest BCUT2D eigenvalue weighted by Gasteiger charge is 2.29. The SMILES string of the molecule is COc1ccc2nccc([C@@H](O)CC[C@@H]3CCN(CCCSc4ccccc4C)C[C@@H]3CO)c2c1. The van der Waals surface area contributed by atoms with Crippen molar-refractivity contribution in [2.75, 3.05) is 39.1 Å². The number of fused-ring (bicyclic) bond motifs is 1. The monoisotopic (exact) mass is 494 g/mol. The van der Waals surface area contributed by atoms with Crippen LogP contribution in [-0.4, -0.2) is 59.2 Å². The summed E-state index contributed by atoms with van der Waals surface area (Å²) in [7, 11) is 1.65. The van der Waals surface area contributed by atoms with Gasteiger partial charge in [0.05, 0.1) is 18.7 Å². The maximum absolute atomic E-state index is 11.0. The Labute approximate surface area is 213 Å². The van der Waals surface area contributed by atoms with Gasteiger partial charge in [-0.3, -0.25) is 4.98 Å². The molecule has 0 spiro atoms. The third-order valence-electron chi connectivity index (χ3n) is 7.33. The van der Waals surface area contributed by atoms with Crippen LogP contribution in [0.25, 0.3) is 10.9 Å². The molecule has 1 saturated heterocycles. The van der Waals surface area contributed by atoms with E-state index in [-0.39, 0.29) is 12.5 Å². The number of aliphatic hydroxyl groups is 2.